The van der Waals surface area contributed by atoms with Gasteiger partial charge in [-0.25, -0.2) is 0 Å². The molecule has 1 rings (SSSR count). The van der Waals surface area contributed by atoms with Gasteiger partial charge in [-0.15, -0.1) is 0 Å². The molecule has 15 heavy (non-hydrogen) atoms. The van der Waals surface area contributed by atoms with Crippen LogP contribution in [0.25, 0.3) is 0 Å². The molecule has 0 aromatic heterocycles. The Morgan fingerprint density at radius 1 is 1.27 bits per heavy atom. The van der Waals surface area contributed by atoms with Crippen molar-refractivity contribution in [1.82, 2.24) is 0 Å². The fourth-order valence-corrected chi connectivity index (χ4v) is 1.62. The zero-order valence-electron chi connectivity index (χ0n) is 10.2. The zero-order valence-corrected chi connectivity index (χ0v) is 10.2. The molecule has 0 fully saturated rings. The quantitative estimate of drug-likeness (QED) is 0.707. The molecule has 2 heteroatoms. The Labute approximate surface area is 91.9 Å². The van der Waals surface area contributed by atoms with Crippen LogP contribution < -0.4 is 4.90 Å². The van der Waals surface area contributed by atoms with Crippen LogP contribution in [0.1, 0.15) is 25.0 Å². The molecule has 0 heterocycles. The average molecular weight is 205 g/mol. The highest BCUT2D eigenvalue weighted by atomic mass is 16.1. The molecule has 1 aromatic carbocycles. The second-order valence-corrected chi connectivity index (χ2v) is 4.75. The van der Waals surface area contributed by atoms with Gasteiger partial charge in [-0.05, 0) is 32.4 Å². The number of carbonyl (C=O) groups excluding carboxylic acids is 1. The van der Waals surface area contributed by atoms with Gasteiger partial charge in [0.1, 0.15) is 6.29 Å². The Morgan fingerprint density at radius 3 is 2.33 bits per heavy atom. The van der Waals surface area contributed by atoms with E-state index >= 15 is 0 Å². The minimum Gasteiger partial charge on any atom is -0.377 e. The van der Waals surface area contributed by atoms with E-state index in [-0.39, 0.29) is 0 Å². The fourth-order valence-electron chi connectivity index (χ4n) is 1.62. The van der Waals surface area contributed by atoms with Crippen LogP contribution in [0, 0.1) is 6.92 Å². The summed E-state index contributed by atoms with van der Waals surface area (Å²) >= 11 is 0. The van der Waals surface area contributed by atoms with Crippen LogP contribution in [0.3, 0.4) is 0 Å². The first-order valence-corrected chi connectivity index (χ1v) is 5.13. The molecule has 0 aliphatic heterocycles. The monoisotopic (exact) mass is 205 g/mol. The van der Waals surface area contributed by atoms with Crippen LogP contribution in [0.4, 0.5) is 5.69 Å². The summed E-state index contributed by atoms with van der Waals surface area (Å²) in [6.45, 7) is 5.94. The van der Waals surface area contributed by atoms with Gasteiger partial charge in [0.25, 0.3) is 0 Å². The van der Waals surface area contributed by atoms with Gasteiger partial charge in [0.2, 0.25) is 0 Å². The van der Waals surface area contributed by atoms with E-state index < -0.39 is 5.41 Å². The van der Waals surface area contributed by atoms with Crippen LogP contribution in [-0.4, -0.2) is 20.4 Å². The van der Waals surface area contributed by atoms with E-state index in [1.54, 1.807) is 0 Å². The summed E-state index contributed by atoms with van der Waals surface area (Å²) in [4.78, 5) is 13.1. The number of nitrogens with zero attached hydrogens (tertiary/aromatic N) is 1. The summed E-state index contributed by atoms with van der Waals surface area (Å²) in [7, 11) is 3.99. The summed E-state index contributed by atoms with van der Waals surface area (Å²) in [5.74, 6) is 0. The van der Waals surface area contributed by atoms with Crippen molar-refractivity contribution in [3.8, 4) is 0 Å². The summed E-state index contributed by atoms with van der Waals surface area (Å²) < 4.78 is 0. The van der Waals surface area contributed by atoms with Crippen molar-refractivity contribution < 1.29 is 4.79 Å². The van der Waals surface area contributed by atoms with Crippen molar-refractivity contribution in [2.24, 2.45) is 0 Å². The van der Waals surface area contributed by atoms with E-state index in [0.29, 0.717) is 0 Å². The molecule has 1 aromatic rings. The molecule has 0 bridgehead atoms. The summed E-state index contributed by atoms with van der Waals surface area (Å²) in [5.41, 5.74) is 2.96. The molecule has 0 atom stereocenters. The largest absolute Gasteiger partial charge is 0.377 e. The lowest BCUT2D eigenvalue weighted by Crippen LogP contribution is -2.23. The Balaban J connectivity index is 3.37. The van der Waals surface area contributed by atoms with E-state index in [1.165, 1.54) is 5.56 Å². The highest BCUT2D eigenvalue weighted by Gasteiger charge is 2.23. The third-order valence-corrected chi connectivity index (χ3v) is 2.62. The van der Waals surface area contributed by atoms with E-state index in [2.05, 4.69) is 18.2 Å². The lowest BCUT2D eigenvalue weighted by molar-refractivity contribution is -0.111. The van der Waals surface area contributed by atoms with Crippen molar-refractivity contribution in [3.63, 3.8) is 0 Å². The Morgan fingerprint density at radius 2 is 1.87 bits per heavy atom. The molecule has 0 saturated carbocycles. The number of hydrogen-bond donors (Lipinski definition) is 0. The number of aryl methyl sites for hydroxylation is 1. The molecule has 0 saturated heterocycles. The van der Waals surface area contributed by atoms with Crippen LogP contribution in [-0.2, 0) is 10.2 Å². The van der Waals surface area contributed by atoms with Crippen molar-refractivity contribution in [3.05, 3.63) is 29.3 Å². The van der Waals surface area contributed by atoms with Crippen LogP contribution >= 0.6 is 0 Å². The molecule has 2 nitrogen and oxygen atoms in total. The number of anilines is 1. The van der Waals surface area contributed by atoms with Gasteiger partial charge < -0.3 is 9.69 Å². The van der Waals surface area contributed by atoms with Crippen molar-refractivity contribution in [2.75, 3.05) is 19.0 Å². The molecule has 0 aliphatic carbocycles. The molecule has 0 unspecified atom stereocenters. The zero-order chi connectivity index (χ0) is 11.6. The third-order valence-electron chi connectivity index (χ3n) is 2.62. The second-order valence-electron chi connectivity index (χ2n) is 4.75. The number of rotatable bonds is 3. The van der Waals surface area contributed by atoms with E-state index in [0.717, 1.165) is 17.5 Å². The molecule has 0 aliphatic rings. The van der Waals surface area contributed by atoms with Gasteiger partial charge in [0.05, 0.1) is 0 Å². The maximum absolute atomic E-state index is 11.1. The lowest BCUT2D eigenvalue weighted by atomic mass is 9.84. The van der Waals surface area contributed by atoms with Crippen molar-refractivity contribution in [1.29, 1.82) is 0 Å². The van der Waals surface area contributed by atoms with Crippen molar-refractivity contribution >= 4 is 12.0 Å². The average Bonchev–Trinajstić information content (AvgIpc) is 2.17. The third kappa shape index (κ3) is 2.38. The van der Waals surface area contributed by atoms with Gasteiger partial charge >= 0.3 is 0 Å². The molecule has 0 N–H and O–H groups in total. The van der Waals surface area contributed by atoms with Crippen LogP contribution in [0.5, 0.6) is 0 Å². The molecule has 0 amide bonds. The fraction of sp³-hybridized carbons (Fsp3) is 0.462. The molecule has 82 valence electrons. The standard InChI is InChI=1S/C13H19NO/c1-10-6-7-12(14(4)5)11(8-10)13(2,3)9-15/h6-9H,1-5H3. The summed E-state index contributed by atoms with van der Waals surface area (Å²) in [6, 6.07) is 6.22. The Kier molecular flexibility index (Phi) is 3.18. The molecular weight excluding hydrogens is 186 g/mol. The highest BCUT2D eigenvalue weighted by Crippen LogP contribution is 2.30. The first kappa shape index (κ1) is 11.8. The minimum absolute atomic E-state index is 0.425. The van der Waals surface area contributed by atoms with Gasteiger partial charge in [-0.2, -0.15) is 0 Å². The lowest BCUT2D eigenvalue weighted by Gasteiger charge is -2.26. The first-order chi connectivity index (χ1) is 6.88. The van der Waals surface area contributed by atoms with Gasteiger partial charge in [-0.3, -0.25) is 0 Å². The summed E-state index contributed by atoms with van der Waals surface area (Å²) in [6.07, 6.45) is 1.01. The predicted octanol–water partition coefficient (Wildman–Crippen LogP) is 2.54. The number of benzene rings is 1. The number of hydrogen-bond acceptors (Lipinski definition) is 2. The Bertz CT molecular complexity index is 367. The topological polar surface area (TPSA) is 20.3 Å². The number of carbonyl (C=O) groups is 1. The maximum Gasteiger partial charge on any atom is 0.130 e. The predicted molar refractivity (Wildman–Crippen MR) is 64.6 cm³/mol. The Hall–Kier alpha value is -1.31. The first-order valence-electron chi connectivity index (χ1n) is 5.13. The van der Waals surface area contributed by atoms with Crippen LogP contribution in [0.2, 0.25) is 0 Å². The van der Waals surface area contributed by atoms with Gasteiger partial charge in [-0.1, -0.05) is 17.7 Å². The minimum atomic E-state index is -0.425. The van der Waals surface area contributed by atoms with E-state index in [4.69, 9.17) is 0 Å². The van der Waals surface area contributed by atoms with E-state index in [1.807, 2.05) is 39.8 Å². The molecule has 0 spiro atoms. The normalized spacial score (nSPS) is 11.3. The van der Waals surface area contributed by atoms with Crippen LogP contribution in [0.15, 0.2) is 18.2 Å². The van der Waals surface area contributed by atoms with Gasteiger partial charge in [0.15, 0.2) is 0 Å². The molecular formula is C13H19NO. The van der Waals surface area contributed by atoms with Gasteiger partial charge in [0, 0.05) is 25.2 Å². The second kappa shape index (κ2) is 4.05. The molecule has 0 radical (unpaired) electrons. The summed E-state index contributed by atoms with van der Waals surface area (Å²) in [5, 5.41) is 0. The highest BCUT2D eigenvalue weighted by molar-refractivity contribution is 5.73. The van der Waals surface area contributed by atoms with E-state index in [9.17, 15) is 4.79 Å². The number of aldehydes is 1. The van der Waals surface area contributed by atoms with Crippen molar-refractivity contribution in [2.45, 2.75) is 26.2 Å². The maximum atomic E-state index is 11.1. The smallest absolute Gasteiger partial charge is 0.130 e. The SMILES string of the molecule is Cc1ccc(N(C)C)c(C(C)(C)C=O)c1.